The average Bonchev–Trinajstić information content (AvgIpc) is 2.48. The molecular weight excluding hydrogens is 294 g/mol. The Kier molecular flexibility index (Phi) is 5.44. The van der Waals surface area contributed by atoms with E-state index in [2.05, 4.69) is 0 Å². The molecule has 0 unspecified atom stereocenters. The van der Waals surface area contributed by atoms with Gasteiger partial charge in [-0.3, -0.25) is 19.1 Å². The van der Waals surface area contributed by atoms with E-state index < -0.39 is 21.7 Å². The van der Waals surface area contributed by atoms with Gasteiger partial charge < -0.3 is 4.74 Å². The van der Waals surface area contributed by atoms with Crippen molar-refractivity contribution < 1.29 is 18.7 Å². The molecular formula is C14H17NO5S. The Hall–Kier alpha value is -1.76. The molecule has 0 bridgehead atoms. The van der Waals surface area contributed by atoms with E-state index in [1.165, 1.54) is 18.2 Å². The molecule has 1 fully saturated rings. The van der Waals surface area contributed by atoms with Crippen LogP contribution in [0.25, 0.3) is 0 Å². The maximum atomic E-state index is 12.1. The van der Waals surface area contributed by atoms with Crippen LogP contribution in [-0.2, 0) is 20.3 Å². The molecule has 7 heteroatoms. The van der Waals surface area contributed by atoms with Gasteiger partial charge in [0.2, 0.25) is 0 Å². The van der Waals surface area contributed by atoms with Crippen molar-refractivity contribution in [1.29, 1.82) is 0 Å². The number of esters is 1. The first-order valence-electron chi connectivity index (χ1n) is 6.89. The summed E-state index contributed by atoms with van der Waals surface area (Å²) in [5.74, 6) is -0.903. The lowest BCUT2D eigenvalue weighted by Crippen LogP contribution is -2.24. The van der Waals surface area contributed by atoms with E-state index in [1.54, 1.807) is 6.07 Å². The highest BCUT2D eigenvalue weighted by Crippen LogP contribution is 2.23. The van der Waals surface area contributed by atoms with Gasteiger partial charge in [-0.25, -0.2) is 0 Å². The van der Waals surface area contributed by atoms with Gasteiger partial charge in [0.15, 0.2) is 0 Å². The number of rotatable bonds is 5. The number of para-hydroxylation sites is 1. The Morgan fingerprint density at radius 1 is 1.29 bits per heavy atom. The molecule has 1 aromatic rings. The minimum absolute atomic E-state index is 0.0584. The van der Waals surface area contributed by atoms with E-state index in [0.717, 1.165) is 32.1 Å². The molecule has 1 aliphatic carbocycles. The fraction of sp³-hybridized carbons (Fsp3) is 0.500. The molecule has 1 aliphatic rings. The predicted octanol–water partition coefficient (Wildman–Crippen LogP) is 2.58. The molecule has 21 heavy (non-hydrogen) atoms. The molecule has 0 N–H and O–H groups in total. The number of ether oxygens (including phenoxy) is 1. The Labute approximate surface area is 125 Å². The summed E-state index contributed by atoms with van der Waals surface area (Å²) in [6.07, 6.45) is 4.79. The Morgan fingerprint density at radius 2 is 1.95 bits per heavy atom. The first kappa shape index (κ1) is 15.6. The standard InChI is InChI=1S/C14H17NO5S/c16-14(20-11-6-2-1-3-7-11)10-21(19)13-9-5-4-8-12(13)15(17)18/h4-5,8-9,11H,1-3,6-7,10H2/t21-/m0/s1. The van der Waals surface area contributed by atoms with Crippen LogP contribution in [0.5, 0.6) is 0 Å². The topological polar surface area (TPSA) is 86.5 Å². The summed E-state index contributed by atoms with van der Waals surface area (Å²) in [4.78, 5) is 22.1. The van der Waals surface area contributed by atoms with Gasteiger partial charge >= 0.3 is 5.97 Å². The van der Waals surface area contributed by atoms with Gasteiger partial charge in [-0.1, -0.05) is 18.6 Å². The Bertz CT molecular complexity index is 554. The van der Waals surface area contributed by atoms with Crippen molar-refractivity contribution >= 4 is 22.5 Å². The molecule has 0 saturated heterocycles. The van der Waals surface area contributed by atoms with Gasteiger partial charge in [0, 0.05) is 6.07 Å². The molecule has 1 aromatic carbocycles. The van der Waals surface area contributed by atoms with Gasteiger partial charge in [-0.15, -0.1) is 0 Å². The highest BCUT2D eigenvalue weighted by molar-refractivity contribution is 7.85. The number of carbonyl (C=O) groups excluding carboxylic acids is 1. The van der Waals surface area contributed by atoms with E-state index >= 15 is 0 Å². The van der Waals surface area contributed by atoms with E-state index in [9.17, 15) is 19.1 Å². The van der Waals surface area contributed by atoms with E-state index in [-0.39, 0.29) is 22.4 Å². The van der Waals surface area contributed by atoms with Crippen molar-refractivity contribution in [3.05, 3.63) is 34.4 Å². The minimum Gasteiger partial charge on any atom is -0.462 e. The van der Waals surface area contributed by atoms with Gasteiger partial charge in [-0.05, 0) is 31.7 Å². The summed E-state index contributed by atoms with van der Waals surface area (Å²) in [6, 6.07) is 5.74. The number of hydrogen-bond donors (Lipinski definition) is 0. The number of nitrogens with zero attached hydrogens (tertiary/aromatic N) is 1. The van der Waals surface area contributed by atoms with Crippen LogP contribution in [0.4, 0.5) is 5.69 Å². The number of benzene rings is 1. The second-order valence-corrected chi connectivity index (χ2v) is 6.38. The third kappa shape index (κ3) is 4.35. The molecule has 1 saturated carbocycles. The molecule has 0 heterocycles. The van der Waals surface area contributed by atoms with Gasteiger partial charge in [-0.2, -0.15) is 0 Å². The smallest absolute Gasteiger partial charge is 0.319 e. The maximum absolute atomic E-state index is 12.1. The van der Waals surface area contributed by atoms with E-state index in [0.29, 0.717) is 0 Å². The summed E-state index contributed by atoms with van der Waals surface area (Å²) in [7, 11) is -1.77. The molecule has 0 aliphatic heterocycles. The van der Waals surface area contributed by atoms with Crippen LogP contribution in [0, 0.1) is 10.1 Å². The van der Waals surface area contributed by atoms with Crippen molar-refractivity contribution in [1.82, 2.24) is 0 Å². The van der Waals surface area contributed by atoms with Crippen LogP contribution in [0.1, 0.15) is 32.1 Å². The second kappa shape index (κ2) is 7.31. The molecule has 114 valence electrons. The summed E-state index contributed by atoms with van der Waals surface area (Å²) in [5.41, 5.74) is -0.235. The summed E-state index contributed by atoms with van der Waals surface area (Å²) in [5, 5.41) is 10.9. The zero-order valence-corrected chi connectivity index (χ0v) is 12.3. The second-order valence-electron chi connectivity index (χ2n) is 4.96. The summed E-state index contributed by atoms with van der Waals surface area (Å²) in [6.45, 7) is 0. The third-order valence-corrected chi connectivity index (χ3v) is 4.74. The number of nitro groups is 1. The zero-order valence-electron chi connectivity index (χ0n) is 11.5. The molecule has 6 nitrogen and oxygen atoms in total. The van der Waals surface area contributed by atoms with Gasteiger partial charge in [0.05, 0.1) is 15.7 Å². The van der Waals surface area contributed by atoms with Crippen molar-refractivity contribution in [3.8, 4) is 0 Å². The number of nitro benzene ring substituents is 1. The molecule has 0 aromatic heterocycles. The van der Waals surface area contributed by atoms with E-state index in [1.807, 2.05) is 0 Å². The highest BCUT2D eigenvalue weighted by Gasteiger charge is 2.23. The third-order valence-electron chi connectivity index (χ3n) is 3.41. The van der Waals surface area contributed by atoms with Crippen molar-refractivity contribution in [2.24, 2.45) is 0 Å². The molecule has 1 atom stereocenters. The monoisotopic (exact) mass is 311 g/mol. The lowest BCUT2D eigenvalue weighted by molar-refractivity contribution is -0.387. The number of hydrogen-bond acceptors (Lipinski definition) is 5. The van der Waals surface area contributed by atoms with Crippen LogP contribution < -0.4 is 0 Å². The SMILES string of the molecule is O=C(C[S@](=O)c1ccccc1[N+](=O)[O-])OC1CCCCC1. The molecule has 0 spiro atoms. The van der Waals surface area contributed by atoms with Crippen LogP contribution in [0.15, 0.2) is 29.2 Å². The normalized spacial score (nSPS) is 17.1. The summed E-state index contributed by atoms with van der Waals surface area (Å²) < 4.78 is 17.4. The minimum atomic E-state index is -1.77. The van der Waals surface area contributed by atoms with Crippen LogP contribution in [0.2, 0.25) is 0 Å². The predicted molar refractivity (Wildman–Crippen MR) is 77.3 cm³/mol. The van der Waals surface area contributed by atoms with Crippen molar-refractivity contribution in [2.75, 3.05) is 5.75 Å². The van der Waals surface area contributed by atoms with Gasteiger partial charge in [0.25, 0.3) is 5.69 Å². The first-order valence-corrected chi connectivity index (χ1v) is 8.21. The van der Waals surface area contributed by atoms with Gasteiger partial charge in [0.1, 0.15) is 16.8 Å². The number of carbonyl (C=O) groups is 1. The fourth-order valence-electron chi connectivity index (χ4n) is 2.39. The molecule has 0 radical (unpaired) electrons. The van der Waals surface area contributed by atoms with Crippen LogP contribution >= 0.6 is 0 Å². The van der Waals surface area contributed by atoms with E-state index in [4.69, 9.17) is 4.74 Å². The molecule has 0 amide bonds. The Morgan fingerprint density at radius 3 is 2.62 bits per heavy atom. The first-order chi connectivity index (χ1) is 10.1. The lowest BCUT2D eigenvalue weighted by Gasteiger charge is -2.21. The van der Waals surface area contributed by atoms with Crippen molar-refractivity contribution in [3.63, 3.8) is 0 Å². The van der Waals surface area contributed by atoms with Crippen molar-refractivity contribution in [2.45, 2.75) is 43.1 Å². The zero-order chi connectivity index (χ0) is 15.2. The lowest BCUT2D eigenvalue weighted by atomic mass is 9.98. The maximum Gasteiger partial charge on any atom is 0.319 e. The average molecular weight is 311 g/mol. The summed E-state index contributed by atoms with van der Waals surface area (Å²) >= 11 is 0. The fourth-order valence-corrected chi connectivity index (χ4v) is 3.43. The Balaban J connectivity index is 1.97. The van der Waals surface area contributed by atoms with Crippen LogP contribution in [-0.4, -0.2) is 27.0 Å². The highest BCUT2D eigenvalue weighted by atomic mass is 32.2. The van der Waals surface area contributed by atoms with Crippen LogP contribution in [0.3, 0.4) is 0 Å². The largest absolute Gasteiger partial charge is 0.462 e. The molecule has 2 rings (SSSR count). The quantitative estimate of drug-likeness (QED) is 0.474.